The molecule has 0 bridgehead atoms. The fraction of sp³-hybridized carbons (Fsp3) is 0.533. The molecule has 3 heterocycles. The van der Waals surface area contributed by atoms with Crippen molar-refractivity contribution in [3.8, 4) is 0 Å². The van der Waals surface area contributed by atoms with Crippen LogP contribution in [-0.2, 0) is 9.59 Å². The minimum Gasteiger partial charge on any atom is -0.348 e. The first-order valence-electron chi connectivity index (χ1n) is 8.00. The molecule has 3 N–H and O–H groups in total. The van der Waals surface area contributed by atoms with Gasteiger partial charge in [0, 0.05) is 43.7 Å². The van der Waals surface area contributed by atoms with E-state index in [-0.39, 0.29) is 29.8 Å². The molecule has 2 aliphatic rings. The van der Waals surface area contributed by atoms with Gasteiger partial charge in [0.15, 0.2) is 0 Å². The lowest BCUT2D eigenvalue weighted by Gasteiger charge is -2.32. The summed E-state index contributed by atoms with van der Waals surface area (Å²) in [6.07, 6.45) is 2.16. The van der Waals surface area contributed by atoms with Crippen LogP contribution in [-0.4, -0.2) is 46.6 Å². The molecule has 9 nitrogen and oxygen atoms in total. The molecule has 0 radical (unpaired) electrons. The number of anilines is 1. The summed E-state index contributed by atoms with van der Waals surface area (Å²) in [4.78, 5) is 43.8. The van der Waals surface area contributed by atoms with E-state index in [0.717, 1.165) is 12.8 Å². The van der Waals surface area contributed by atoms with Gasteiger partial charge >= 0.3 is 0 Å². The van der Waals surface area contributed by atoms with Gasteiger partial charge in [0.2, 0.25) is 11.9 Å². The van der Waals surface area contributed by atoms with Crippen LogP contribution in [0.4, 0.5) is 5.95 Å². The zero-order valence-corrected chi connectivity index (χ0v) is 13.5. The first-order valence-corrected chi connectivity index (χ1v) is 8.00. The standard InChI is InChI=1S/C15H20N6O3/c1-9-8-13(23)18-15(16-9)21-6-4-10(5-7-21)17-14(24)11-2-3-12(22)20-19-11/h8,10H,2-7H2,1H3,(H,17,24)(H,20,22)(H,16,18,23). The maximum Gasteiger partial charge on any atom is 0.267 e. The van der Waals surface area contributed by atoms with E-state index in [9.17, 15) is 14.4 Å². The second kappa shape index (κ2) is 6.81. The van der Waals surface area contributed by atoms with E-state index in [1.54, 1.807) is 6.92 Å². The predicted molar refractivity (Wildman–Crippen MR) is 87.8 cm³/mol. The molecule has 2 aliphatic heterocycles. The Morgan fingerprint density at radius 2 is 2.04 bits per heavy atom. The van der Waals surface area contributed by atoms with Gasteiger partial charge in [-0.15, -0.1) is 0 Å². The van der Waals surface area contributed by atoms with Crippen LogP contribution in [0, 0.1) is 6.92 Å². The summed E-state index contributed by atoms with van der Waals surface area (Å²) >= 11 is 0. The van der Waals surface area contributed by atoms with Gasteiger partial charge in [0.25, 0.3) is 11.5 Å². The Balaban J connectivity index is 1.54. The third kappa shape index (κ3) is 3.79. The molecule has 1 fully saturated rings. The van der Waals surface area contributed by atoms with E-state index in [1.165, 1.54) is 6.07 Å². The number of H-pyrrole nitrogens is 1. The van der Waals surface area contributed by atoms with Crippen LogP contribution in [0.5, 0.6) is 0 Å². The topological polar surface area (TPSA) is 120 Å². The van der Waals surface area contributed by atoms with E-state index >= 15 is 0 Å². The van der Waals surface area contributed by atoms with Gasteiger partial charge in [-0.25, -0.2) is 10.4 Å². The number of aryl methyl sites for hydroxylation is 1. The molecule has 2 amide bonds. The number of nitrogens with zero attached hydrogens (tertiary/aromatic N) is 3. The van der Waals surface area contributed by atoms with Crippen molar-refractivity contribution in [1.29, 1.82) is 0 Å². The van der Waals surface area contributed by atoms with E-state index in [0.29, 0.717) is 36.9 Å². The van der Waals surface area contributed by atoms with Crippen molar-refractivity contribution in [2.24, 2.45) is 5.10 Å². The van der Waals surface area contributed by atoms with E-state index in [4.69, 9.17) is 0 Å². The third-order valence-electron chi connectivity index (χ3n) is 4.15. The summed E-state index contributed by atoms with van der Waals surface area (Å²) < 4.78 is 0. The monoisotopic (exact) mass is 332 g/mol. The first kappa shape index (κ1) is 16.2. The summed E-state index contributed by atoms with van der Waals surface area (Å²) in [6.45, 7) is 3.18. The lowest BCUT2D eigenvalue weighted by molar-refractivity contribution is -0.121. The van der Waals surface area contributed by atoms with Crippen LogP contribution in [0.15, 0.2) is 16.0 Å². The number of rotatable bonds is 3. The van der Waals surface area contributed by atoms with Gasteiger partial charge in [0.1, 0.15) is 5.71 Å². The average Bonchev–Trinajstić information content (AvgIpc) is 2.55. The maximum absolute atomic E-state index is 12.1. The van der Waals surface area contributed by atoms with Crippen molar-refractivity contribution < 1.29 is 9.59 Å². The molecular formula is C15H20N6O3. The van der Waals surface area contributed by atoms with Gasteiger partial charge in [-0.1, -0.05) is 0 Å². The minimum absolute atomic E-state index is 0.0469. The zero-order chi connectivity index (χ0) is 17.1. The van der Waals surface area contributed by atoms with Crippen molar-refractivity contribution >= 4 is 23.5 Å². The third-order valence-corrected chi connectivity index (χ3v) is 4.15. The summed E-state index contributed by atoms with van der Waals surface area (Å²) in [5.74, 6) is 0.180. The van der Waals surface area contributed by atoms with Crippen LogP contribution in [0.2, 0.25) is 0 Å². The minimum atomic E-state index is -0.226. The number of hydrogen-bond acceptors (Lipinski definition) is 6. The lowest BCUT2D eigenvalue weighted by atomic mass is 10.0. The fourth-order valence-corrected chi connectivity index (χ4v) is 2.86. The molecule has 0 unspecified atom stereocenters. The number of hydrazone groups is 1. The zero-order valence-electron chi connectivity index (χ0n) is 13.5. The number of aromatic nitrogens is 2. The van der Waals surface area contributed by atoms with E-state index in [2.05, 4.69) is 25.8 Å². The van der Waals surface area contributed by atoms with Crippen molar-refractivity contribution in [3.63, 3.8) is 0 Å². The number of carbonyl (C=O) groups is 2. The smallest absolute Gasteiger partial charge is 0.267 e. The van der Waals surface area contributed by atoms with Crippen molar-refractivity contribution in [2.45, 2.75) is 38.6 Å². The highest BCUT2D eigenvalue weighted by molar-refractivity contribution is 6.39. The highest BCUT2D eigenvalue weighted by Gasteiger charge is 2.25. The van der Waals surface area contributed by atoms with Crippen molar-refractivity contribution in [3.05, 3.63) is 22.1 Å². The Kier molecular flexibility index (Phi) is 4.59. The summed E-state index contributed by atoms with van der Waals surface area (Å²) in [5.41, 5.74) is 3.21. The Labute approximate surface area is 138 Å². The molecule has 0 saturated carbocycles. The molecule has 0 aliphatic carbocycles. The molecule has 0 aromatic carbocycles. The molecule has 24 heavy (non-hydrogen) atoms. The van der Waals surface area contributed by atoms with E-state index < -0.39 is 0 Å². The molecule has 1 aromatic rings. The van der Waals surface area contributed by atoms with Crippen LogP contribution in [0.1, 0.15) is 31.4 Å². The highest BCUT2D eigenvalue weighted by atomic mass is 16.2. The Morgan fingerprint density at radius 1 is 1.29 bits per heavy atom. The predicted octanol–water partition coefficient (Wildman–Crippen LogP) is -0.571. The number of aromatic amines is 1. The SMILES string of the molecule is Cc1cc(=O)[nH]c(N2CCC(NC(=O)C3=NNC(=O)CC3)CC2)n1. The summed E-state index contributed by atoms with van der Waals surface area (Å²) in [6, 6.07) is 1.51. The number of piperidine rings is 1. The average molecular weight is 332 g/mol. The van der Waals surface area contributed by atoms with Gasteiger partial charge in [-0.3, -0.25) is 19.4 Å². The molecule has 128 valence electrons. The van der Waals surface area contributed by atoms with Gasteiger partial charge < -0.3 is 10.2 Å². The largest absolute Gasteiger partial charge is 0.348 e. The molecular weight excluding hydrogens is 312 g/mol. The van der Waals surface area contributed by atoms with Crippen molar-refractivity contribution in [2.75, 3.05) is 18.0 Å². The molecule has 1 saturated heterocycles. The number of nitrogens with one attached hydrogen (secondary N) is 3. The summed E-state index contributed by atoms with van der Waals surface area (Å²) in [7, 11) is 0. The molecule has 0 spiro atoms. The van der Waals surface area contributed by atoms with Crippen LogP contribution in [0.3, 0.4) is 0 Å². The van der Waals surface area contributed by atoms with E-state index in [1.807, 2.05) is 4.90 Å². The maximum atomic E-state index is 12.1. The van der Waals surface area contributed by atoms with Crippen LogP contribution < -0.4 is 21.2 Å². The molecule has 3 rings (SSSR count). The summed E-state index contributed by atoms with van der Waals surface area (Å²) in [5, 5.41) is 6.76. The molecule has 0 atom stereocenters. The van der Waals surface area contributed by atoms with Crippen molar-refractivity contribution in [1.82, 2.24) is 20.7 Å². The first-order chi connectivity index (χ1) is 11.5. The Morgan fingerprint density at radius 3 is 2.67 bits per heavy atom. The van der Waals surface area contributed by atoms with Crippen LogP contribution in [0.25, 0.3) is 0 Å². The Hall–Kier alpha value is -2.71. The normalized spacial score (nSPS) is 18.8. The van der Waals surface area contributed by atoms with Gasteiger partial charge in [0.05, 0.1) is 0 Å². The lowest BCUT2D eigenvalue weighted by Crippen LogP contribution is -2.48. The Bertz CT molecular complexity index is 733. The second-order valence-corrected chi connectivity index (χ2v) is 6.04. The number of hydrogen-bond donors (Lipinski definition) is 3. The number of amides is 2. The number of carbonyl (C=O) groups excluding carboxylic acids is 2. The second-order valence-electron chi connectivity index (χ2n) is 6.04. The fourth-order valence-electron chi connectivity index (χ4n) is 2.86. The highest BCUT2D eigenvalue weighted by Crippen LogP contribution is 2.15. The quantitative estimate of drug-likeness (QED) is 0.685. The van der Waals surface area contributed by atoms with Gasteiger partial charge in [-0.2, -0.15) is 5.10 Å². The van der Waals surface area contributed by atoms with Gasteiger partial charge in [-0.05, 0) is 19.8 Å². The molecule has 9 heteroatoms. The van der Waals surface area contributed by atoms with Crippen LogP contribution >= 0.6 is 0 Å². The molecule has 1 aromatic heterocycles.